The van der Waals surface area contributed by atoms with E-state index >= 15 is 0 Å². The number of thiol groups is 4. The molecular formula is C20H42O2S9. The van der Waals surface area contributed by atoms with Crippen molar-refractivity contribution >= 4 is 109 Å². The van der Waals surface area contributed by atoms with E-state index in [1.165, 1.54) is 47.0 Å². The van der Waals surface area contributed by atoms with Gasteiger partial charge in [-0.15, -0.1) is 0 Å². The van der Waals surface area contributed by atoms with Gasteiger partial charge in [0.1, 0.15) is 0 Å². The van der Waals surface area contributed by atoms with Crippen LogP contribution in [0.4, 0.5) is 0 Å². The van der Waals surface area contributed by atoms with Gasteiger partial charge in [0.2, 0.25) is 0 Å². The number of rotatable bonds is 22. The molecule has 0 radical (unpaired) electrons. The maximum atomic E-state index is 5.61. The average molecular weight is 603 g/mol. The van der Waals surface area contributed by atoms with Crippen LogP contribution in [0.25, 0.3) is 0 Å². The molecule has 0 spiro atoms. The SMILES string of the molecule is C=COC=C.SCCSCCS.SCCSCCSCCOCCSCCSCCS. The van der Waals surface area contributed by atoms with Crippen LogP contribution in [0.3, 0.4) is 0 Å². The highest BCUT2D eigenvalue weighted by molar-refractivity contribution is 8.03. The molecule has 0 saturated carbocycles. The minimum absolute atomic E-state index is 0.900. The van der Waals surface area contributed by atoms with Gasteiger partial charge in [-0.3, -0.25) is 0 Å². The zero-order valence-electron chi connectivity index (χ0n) is 18.5. The maximum absolute atomic E-state index is 5.61. The molecule has 0 aromatic carbocycles. The second-order valence-electron chi connectivity index (χ2n) is 5.04. The summed E-state index contributed by atoms with van der Waals surface area (Å²) in [7, 11) is 0. The van der Waals surface area contributed by atoms with E-state index in [9.17, 15) is 0 Å². The van der Waals surface area contributed by atoms with Crippen LogP contribution in [0.5, 0.6) is 0 Å². The summed E-state index contributed by atoms with van der Waals surface area (Å²) in [5.41, 5.74) is 0. The van der Waals surface area contributed by atoms with Gasteiger partial charge in [-0.05, 0) is 23.0 Å². The summed E-state index contributed by atoms with van der Waals surface area (Å²) in [4.78, 5) is 0. The first kappa shape index (κ1) is 37.9. The van der Waals surface area contributed by atoms with Crippen LogP contribution in [0, 0.1) is 0 Å². The third-order valence-electron chi connectivity index (χ3n) is 2.62. The lowest BCUT2D eigenvalue weighted by Gasteiger charge is -2.04. The zero-order valence-corrected chi connectivity index (χ0v) is 26.2. The van der Waals surface area contributed by atoms with E-state index in [1.54, 1.807) is 0 Å². The number of thioether (sulfide) groups is 5. The molecule has 0 saturated heterocycles. The molecule has 0 aromatic rings. The number of hydrogen-bond acceptors (Lipinski definition) is 11. The molecule has 0 aliphatic rings. The highest BCUT2D eigenvalue weighted by atomic mass is 32.2. The van der Waals surface area contributed by atoms with E-state index in [1.807, 2.05) is 58.8 Å². The summed E-state index contributed by atoms with van der Waals surface area (Å²) in [6.45, 7) is 8.31. The monoisotopic (exact) mass is 602 g/mol. The van der Waals surface area contributed by atoms with Gasteiger partial charge in [-0.2, -0.15) is 109 Å². The van der Waals surface area contributed by atoms with Gasteiger partial charge >= 0.3 is 0 Å². The summed E-state index contributed by atoms with van der Waals surface area (Å²) in [5.74, 6) is 15.8. The Hall–Kier alpha value is 2.39. The van der Waals surface area contributed by atoms with Crippen molar-refractivity contribution in [2.45, 2.75) is 0 Å². The largest absolute Gasteiger partial charge is 0.474 e. The molecule has 0 atom stereocenters. The predicted octanol–water partition coefficient (Wildman–Crippen LogP) is 6.66. The Morgan fingerprint density at radius 1 is 0.484 bits per heavy atom. The lowest BCUT2D eigenvalue weighted by molar-refractivity contribution is 0.167. The molecule has 0 aliphatic heterocycles. The summed E-state index contributed by atoms with van der Waals surface area (Å²) < 4.78 is 9.97. The lowest BCUT2D eigenvalue weighted by atomic mass is 10.8. The van der Waals surface area contributed by atoms with Crippen molar-refractivity contribution in [1.29, 1.82) is 0 Å². The van der Waals surface area contributed by atoms with Gasteiger partial charge in [-0.25, -0.2) is 0 Å². The second kappa shape index (κ2) is 42.5. The average Bonchev–Trinajstić information content (AvgIpc) is 2.78. The van der Waals surface area contributed by atoms with Crippen LogP contribution in [0.1, 0.15) is 0 Å². The smallest absolute Gasteiger partial charge is 0.0829 e. The molecule has 0 amide bonds. The summed E-state index contributed by atoms with van der Waals surface area (Å²) >= 11 is 26.3. The Balaban J connectivity index is -0.000000533. The van der Waals surface area contributed by atoms with Crippen LogP contribution in [0.2, 0.25) is 0 Å². The first-order valence-electron chi connectivity index (χ1n) is 10.0. The maximum Gasteiger partial charge on any atom is 0.0829 e. The van der Waals surface area contributed by atoms with Crippen molar-refractivity contribution in [1.82, 2.24) is 0 Å². The Morgan fingerprint density at radius 2 is 0.774 bits per heavy atom. The molecule has 0 rings (SSSR count). The molecule has 11 heteroatoms. The van der Waals surface area contributed by atoms with E-state index in [2.05, 4.69) is 68.4 Å². The van der Waals surface area contributed by atoms with Gasteiger partial charge in [0, 0.05) is 57.5 Å². The fraction of sp³-hybridized carbons (Fsp3) is 0.800. The van der Waals surface area contributed by atoms with Gasteiger partial charge in [0.25, 0.3) is 0 Å². The van der Waals surface area contributed by atoms with Gasteiger partial charge in [0.05, 0.1) is 25.7 Å². The third-order valence-corrected chi connectivity index (χ3v) is 10.1. The topological polar surface area (TPSA) is 18.5 Å². The number of hydrogen-bond donors (Lipinski definition) is 4. The molecule has 31 heavy (non-hydrogen) atoms. The fourth-order valence-corrected chi connectivity index (χ4v) is 6.85. The summed E-state index contributed by atoms with van der Waals surface area (Å²) in [6, 6.07) is 0. The van der Waals surface area contributed by atoms with Crippen LogP contribution >= 0.6 is 109 Å². The van der Waals surface area contributed by atoms with Gasteiger partial charge in [0.15, 0.2) is 0 Å². The van der Waals surface area contributed by atoms with E-state index in [0.29, 0.717) is 0 Å². The van der Waals surface area contributed by atoms with Crippen molar-refractivity contribution < 1.29 is 9.47 Å². The van der Waals surface area contributed by atoms with Crippen molar-refractivity contribution in [3.8, 4) is 0 Å². The van der Waals surface area contributed by atoms with E-state index < -0.39 is 0 Å². The first-order valence-corrected chi connectivity index (χ1v) is 18.3. The number of ether oxygens (including phenoxy) is 2. The summed E-state index contributed by atoms with van der Waals surface area (Å²) in [5, 5.41) is 0. The quantitative estimate of drug-likeness (QED) is 0.0622. The van der Waals surface area contributed by atoms with Crippen molar-refractivity contribution in [3.63, 3.8) is 0 Å². The van der Waals surface area contributed by atoms with Gasteiger partial charge in [-0.1, -0.05) is 13.2 Å². The molecule has 0 heterocycles. The highest BCUT2D eigenvalue weighted by Crippen LogP contribution is 2.08. The van der Waals surface area contributed by atoms with Crippen LogP contribution < -0.4 is 0 Å². The van der Waals surface area contributed by atoms with Crippen molar-refractivity contribution in [3.05, 3.63) is 25.7 Å². The normalized spacial score (nSPS) is 9.81. The Labute approximate surface area is 236 Å². The zero-order chi connectivity index (χ0) is 23.7. The third kappa shape index (κ3) is 50.3. The molecule has 0 aliphatic carbocycles. The molecule has 0 N–H and O–H groups in total. The standard InChI is InChI=1S/C12H26OS6.C4H6O.C4H10S3/c14-3-7-18-11-9-16-5-1-13-2-6-17-10-12-19-8-4-15;1-3-5-4-2;5-1-3-7-4-2-6/h14-15H,1-12H2;3-4H,1-2H2;5-6H,1-4H2. The molecule has 188 valence electrons. The first-order chi connectivity index (χ1) is 15.2. The predicted molar refractivity (Wildman–Crippen MR) is 174 cm³/mol. The molecule has 0 unspecified atom stereocenters. The molecule has 0 aromatic heterocycles. The molecule has 2 nitrogen and oxygen atoms in total. The van der Waals surface area contributed by atoms with E-state index in [-0.39, 0.29) is 0 Å². The Morgan fingerprint density at radius 3 is 1.03 bits per heavy atom. The van der Waals surface area contributed by atoms with Crippen molar-refractivity contribution in [2.75, 3.05) is 93.8 Å². The van der Waals surface area contributed by atoms with Crippen LogP contribution in [-0.2, 0) is 9.47 Å². The minimum atomic E-state index is 0.900. The van der Waals surface area contributed by atoms with E-state index in [0.717, 1.165) is 59.2 Å². The lowest BCUT2D eigenvalue weighted by Crippen LogP contribution is -2.03. The second-order valence-corrected chi connectivity index (χ2v) is 13.0. The highest BCUT2D eigenvalue weighted by Gasteiger charge is 1.94. The van der Waals surface area contributed by atoms with E-state index in [4.69, 9.17) is 4.74 Å². The van der Waals surface area contributed by atoms with Gasteiger partial charge < -0.3 is 9.47 Å². The van der Waals surface area contributed by atoms with Crippen LogP contribution in [0.15, 0.2) is 25.7 Å². The Kier molecular flexibility index (Phi) is 52.1. The molecular weight excluding hydrogens is 561 g/mol. The summed E-state index contributed by atoms with van der Waals surface area (Å²) in [6.07, 6.45) is 2.62. The minimum Gasteiger partial charge on any atom is -0.474 e. The van der Waals surface area contributed by atoms with Crippen LogP contribution in [-0.4, -0.2) is 93.8 Å². The van der Waals surface area contributed by atoms with Crippen molar-refractivity contribution in [2.24, 2.45) is 0 Å². The molecule has 0 fully saturated rings. The fourth-order valence-electron chi connectivity index (χ4n) is 1.41. The Bertz CT molecular complexity index is 288. The molecule has 0 bridgehead atoms.